The van der Waals surface area contributed by atoms with E-state index in [0.29, 0.717) is 0 Å². The Morgan fingerprint density at radius 2 is 2.05 bits per heavy atom. The minimum atomic E-state index is -0.141. The Morgan fingerprint density at radius 3 is 2.63 bits per heavy atom. The van der Waals surface area contributed by atoms with Gasteiger partial charge in [0.1, 0.15) is 6.04 Å². The minimum Gasteiger partial charge on any atom is -0.270 e. The second-order valence-corrected chi connectivity index (χ2v) is 5.17. The standard InChI is InChI=1S/C12H19BrN6/c1-4-18-10(6-8(3)17-18)11(16-14)12-9(13)7-15-19(12)5-2/h6-7,11,16H,4-5,14H2,1-3H3. The number of halogens is 1. The van der Waals surface area contributed by atoms with Gasteiger partial charge in [0, 0.05) is 13.1 Å². The van der Waals surface area contributed by atoms with Gasteiger partial charge in [-0.15, -0.1) is 0 Å². The monoisotopic (exact) mass is 326 g/mol. The van der Waals surface area contributed by atoms with E-state index in [-0.39, 0.29) is 6.04 Å². The molecule has 2 aromatic heterocycles. The van der Waals surface area contributed by atoms with Gasteiger partial charge >= 0.3 is 0 Å². The predicted octanol–water partition coefficient (Wildman–Crippen LogP) is 1.74. The fourth-order valence-electron chi connectivity index (χ4n) is 2.27. The molecule has 0 spiro atoms. The Balaban J connectivity index is 2.52. The van der Waals surface area contributed by atoms with Crippen LogP contribution in [0.5, 0.6) is 0 Å². The van der Waals surface area contributed by atoms with Crippen LogP contribution < -0.4 is 11.3 Å². The molecule has 0 saturated heterocycles. The van der Waals surface area contributed by atoms with Crippen molar-refractivity contribution in [1.82, 2.24) is 25.0 Å². The number of nitrogens with two attached hydrogens (primary N) is 1. The van der Waals surface area contributed by atoms with Crippen molar-refractivity contribution in [2.75, 3.05) is 0 Å². The highest BCUT2D eigenvalue weighted by atomic mass is 79.9. The first-order valence-electron chi connectivity index (χ1n) is 6.34. The zero-order valence-electron chi connectivity index (χ0n) is 11.4. The minimum absolute atomic E-state index is 0.141. The molecule has 1 atom stereocenters. The topological polar surface area (TPSA) is 73.7 Å². The normalized spacial score (nSPS) is 12.9. The molecule has 1 unspecified atom stereocenters. The van der Waals surface area contributed by atoms with Gasteiger partial charge in [-0.3, -0.25) is 15.2 Å². The van der Waals surface area contributed by atoms with Crippen LogP contribution in [0.15, 0.2) is 16.7 Å². The molecule has 0 fully saturated rings. The van der Waals surface area contributed by atoms with Crippen molar-refractivity contribution < 1.29 is 0 Å². The molecule has 104 valence electrons. The Morgan fingerprint density at radius 1 is 1.37 bits per heavy atom. The summed E-state index contributed by atoms with van der Waals surface area (Å²) in [5.41, 5.74) is 5.91. The summed E-state index contributed by atoms with van der Waals surface area (Å²) in [6.45, 7) is 7.70. The highest BCUT2D eigenvalue weighted by Gasteiger charge is 2.24. The Hall–Kier alpha value is -1.18. The molecule has 2 rings (SSSR count). The van der Waals surface area contributed by atoms with E-state index >= 15 is 0 Å². The molecule has 0 aliphatic heterocycles. The molecule has 0 aliphatic rings. The smallest absolute Gasteiger partial charge is 0.106 e. The van der Waals surface area contributed by atoms with Crippen LogP contribution in [-0.4, -0.2) is 19.6 Å². The van der Waals surface area contributed by atoms with Crippen molar-refractivity contribution in [3.63, 3.8) is 0 Å². The maximum absolute atomic E-state index is 5.77. The van der Waals surface area contributed by atoms with Crippen LogP contribution in [0.1, 0.15) is 37.0 Å². The van der Waals surface area contributed by atoms with Crippen LogP contribution in [0, 0.1) is 6.92 Å². The highest BCUT2D eigenvalue weighted by molar-refractivity contribution is 9.10. The summed E-state index contributed by atoms with van der Waals surface area (Å²) in [5.74, 6) is 5.77. The van der Waals surface area contributed by atoms with E-state index < -0.39 is 0 Å². The summed E-state index contributed by atoms with van der Waals surface area (Å²) < 4.78 is 4.83. The highest BCUT2D eigenvalue weighted by Crippen LogP contribution is 2.28. The van der Waals surface area contributed by atoms with Crippen molar-refractivity contribution in [1.29, 1.82) is 0 Å². The molecule has 2 aromatic rings. The average molecular weight is 327 g/mol. The lowest BCUT2D eigenvalue weighted by molar-refractivity contribution is 0.499. The average Bonchev–Trinajstić information content (AvgIpc) is 2.95. The lowest BCUT2D eigenvalue weighted by atomic mass is 10.1. The summed E-state index contributed by atoms with van der Waals surface area (Å²) in [6.07, 6.45) is 1.79. The molecule has 0 aromatic carbocycles. The van der Waals surface area contributed by atoms with E-state index in [1.54, 1.807) is 6.20 Å². The van der Waals surface area contributed by atoms with Crippen LogP contribution in [0.25, 0.3) is 0 Å². The van der Waals surface area contributed by atoms with Crippen LogP contribution in [-0.2, 0) is 13.1 Å². The molecule has 0 aliphatic carbocycles. The van der Waals surface area contributed by atoms with Gasteiger partial charge in [-0.1, -0.05) is 0 Å². The van der Waals surface area contributed by atoms with Gasteiger partial charge in [-0.25, -0.2) is 5.43 Å². The van der Waals surface area contributed by atoms with E-state index in [4.69, 9.17) is 5.84 Å². The van der Waals surface area contributed by atoms with Crippen molar-refractivity contribution >= 4 is 15.9 Å². The van der Waals surface area contributed by atoms with E-state index in [9.17, 15) is 0 Å². The van der Waals surface area contributed by atoms with Gasteiger partial charge in [-0.05, 0) is 42.8 Å². The van der Waals surface area contributed by atoms with Gasteiger partial charge in [0.15, 0.2) is 0 Å². The van der Waals surface area contributed by atoms with Gasteiger partial charge < -0.3 is 0 Å². The first-order valence-corrected chi connectivity index (χ1v) is 7.13. The second-order valence-electron chi connectivity index (χ2n) is 4.32. The summed E-state index contributed by atoms with van der Waals surface area (Å²) in [6, 6.07) is 1.91. The molecule has 19 heavy (non-hydrogen) atoms. The third kappa shape index (κ3) is 2.58. The van der Waals surface area contributed by atoms with Gasteiger partial charge in [0.2, 0.25) is 0 Å². The zero-order valence-corrected chi connectivity index (χ0v) is 13.0. The Bertz CT molecular complexity index is 559. The third-order valence-electron chi connectivity index (χ3n) is 3.10. The van der Waals surface area contributed by atoms with Crippen molar-refractivity contribution in [3.05, 3.63) is 33.8 Å². The molecule has 0 amide bonds. The lowest BCUT2D eigenvalue weighted by Crippen LogP contribution is -2.32. The fourth-order valence-corrected chi connectivity index (χ4v) is 2.79. The van der Waals surface area contributed by atoms with Crippen LogP contribution in [0.2, 0.25) is 0 Å². The van der Waals surface area contributed by atoms with E-state index in [0.717, 1.165) is 34.6 Å². The molecule has 0 saturated carbocycles. The summed E-state index contributed by atoms with van der Waals surface area (Å²) in [7, 11) is 0. The van der Waals surface area contributed by atoms with Crippen molar-refractivity contribution in [2.24, 2.45) is 5.84 Å². The zero-order chi connectivity index (χ0) is 14.0. The van der Waals surface area contributed by atoms with E-state index in [2.05, 4.69) is 45.4 Å². The summed E-state index contributed by atoms with van der Waals surface area (Å²) >= 11 is 3.54. The first-order chi connectivity index (χ1) is 9.12. The second kappa shape index (κ2) is 5.85. The Kier molecular flexibility index (Phi) is 4.38. The SMILES string of the molecule is CCn1nc(C)cc1C(NN)c1c(Br)cnn1CC. The molecular formula is C12H19BrN6. The van der Waals surface area contributed by atoms with Gasteiger partial charge in [-0.2, -0.15) is 10.2 Å². The maximum Gasteiger partial charge on any atom is 0.106 e. The molecule has 0 radical (unpaired) electrons. The molecule has 7 heteroatoms. The number of aryl methyl sites for hydroxylation is 3. The first kappa shape index (κ1) is 14.2. The molecule has 6 nitrogen and oxygen atoms in total. The van der Waals surface area contributed by atoms with Gasteiger partial charge in [0.05, 0.1) is 27.8 Å². The number of hydrogen-bond donors (Lipinski definition) is 2. The largest absolute Gasteiger partial charge is 0.270 e. The number of nitrogens with one attached hydrogen (secondary N) is 1. The maximum atomic E-state index is 5.77. The quantitative estimate of drug-likeness (QED) is 0.648. The molecule has 0 bridgehead atoms. The number of nitrogens with zero attached hydrogens (tertiary/aromatic N) is 4. The van der Waals surface area contributed by atoms with Crippen molar-refractivity contribution in [2.45, 2.75) is 39.9 Å². The number of rotatable bonds is 5. The van der Waals surface area contributed by atoms with E-state index in [1.165, 1.54) is 0 Å². The van der Waals surface area contributed by atoms with Crippen LogP contribution in [0.4, 0.5) is 0 Å². The summed E-state index contributed by atoms with van der Waals surface area (Å²) in [4.78, 5) is 0. The van der Waals surface area contributed by atoms with Crippen LogP contribution in [0.3, 0.4) is 0 Å². The summed E-state index contributed by atoms with van der Waals surface area (Å²) in [5, 5.41) is 8.80. The Labute approximate surface area is 121 Å². The molecule has 3 N–H and O–H groups in total. The fraction of sp³-hybridized carbons (Fsp3) is 0.500. The lowest BCUT2D eigenvalue weighted by Gasteiger charge is -2.19. The van der Waals surface area contributed by atoms with Gasteiger partial charge in [0.25, 0.3) is 0 Å². The number of hydrogen-bond acceptors (Lipinski definition) is 4. The molecule has 2 heterocycles. The molecular weight excluding hydrogens is 308 g/mol. The number of aromatic nitrogens is 4. The van der Waals surface area contributed by atoms with E-state index in [1.807, 2.05) is 22.4 Å². The number of hydrazine groups is 1. The van der Waals surface area contributed by atoms with Crippen molar-refractivity contribution in [3.8, 4) is 0 Å². The van der Waals surface area contributed by atoms with Crippen LogP contribution >= 0.6 is 15.9 Å². The predicted molar refractivity (Wildman–Crippen MR) is 77.4 cm³/mol. The third-order valence-corrected chi connectivity index (χ3v) is 3.71.